The number of hydrogen-bond donors (Lipinski definition) is 3. The van der Waals surface area contributed by atoms with Gasteiger partial charge in [0, 0.05) is 11.4 Å². The number of aromatic carboxylic acids is 1. The molecule has 2 rings (SSSR count). The van der Waals surface area contributed by atoms with Crippen LogP contribution in [0.4, 0.5) is 16.2 Å². The fourth-order valence-corrected chi connectivity index (χ4v) is 1.69. The maximum absolute atomic E-state index is 11.8. The van der Waals surface area contributed by atoms with Gasteiger partial charge in [-0.05, 0) is 36.4 Å². The normalized spacial score (nSPS) is 9.48. The molecule has 6 nitrogen and oxygen atoms in total. The molecule has 0 spiro atoms. The topological polar surface area (TPSA) is 102 Å². The molecule has 0 heterocycles. The molecule has 0 atom stereocenters. The van der Waals surface area contributed by atoms with Crippen LogP contribution in [0.15, 0.2) is 48.5 Å². The van der Waals surface area contributed by atoms with Crippen molar-refractivity contribution in [3.8, 4) is 6.07 Å². The summed E-state index contributed by atoms with van der Waals surface area (Å²) in [6, 6.07) is 13.8. The lowest BCUT2D eigenvalue weighted by Crippen LogP contribution is -2.19. The average Bonchev–Trinajstić information content (AvgIpc) is 2.47. The molecule has 0 saturated heterocycles. The molecule has 0 radical (unpaired) electrons. The Kier molecular flexibility index (Phi) is 4.17. The standard InChI is InChI=1S/C15H11N3O3/c16-9-10-3-1-5-12(7-10)17-15(21)18-13-6-2-4-11(8-13)14(19)20/h1-8H,(H,19,20)(H2,17,18,21). The van der Waals surface area contributed by atoms with Gasteiger partial charge in [0.2, 0.25) is 0 Å². The van der Waals surface area contributed by atoms with Gasteiger partial charge in [0.1, 0.15) is 0 Å². The Morgan fingerprint density at radius 3 is 2.24 bits per heavy atom. The minimum atomic E-state index is -1.07. The monoisotopic (exact) mass is 281 g/mol. The summed E-state index contributed by atoms with van der Waals surface area (Å²) in [5, 5.41) is 22.7. The minimum absolute atomic E-state index is 0.0827. The number of nitriles is 1. The van der Waals surface area contributed by atoms with Crippen LogP contribution in [0.3, 0.4) is 0 Å². The predicted octanol–water partition coefficient (Wildman–Crippen LogP) is 2.90. The number of rotatable bonds is 3. The van der Waals surface area contributed by atoms with Crippen LogP contribution in [-0.2, 0) is 0 Å². The molecular formula is C15H11N3O3. The quantitative estimate of drug-likeness (QED) is 0.804. The highest BCUT2D eigenvalue weighted by molar-refractivity contribution is 6.00. The van der Waals surface area contributed by atoms with Crippen molar-refractivity contribution in [3.05, 3.63) is 59.7 Å². The second-order valence-corrected chi connectivity index (χ2v) is 4.16. The van der Waals surface area contributed by atoms with E-state index in [0.717, 1.165) is 0 Å². The summed E-state index contributed by atoms with van der Waals surface area (Å²) in [7, 11) is 0. The van der Waals surface area contributed by atoms with Gasteiger partial charge in [0.15, 0.2) is 0 Å². The number of benzene rings is 2. The Hall–Kier alpha value is -3.33. The summed E-state index contributed by atoms with van der Waals surface area (Å²) in [5.74, 6) is -1.07. The Balaban J connectivity index is 2.06. The molecule has 0 bridgehead atoms. The van der Waals surface area contributed by atoms with E-state index in [2.05, 4.69) is 10.6 Å². The number of carbonyl (C=O) groups excluding carboxylic acids is 1. The van der Waals surface area contributed by atoms with Gasteiger partial charge in [-0.25, -0.2) is 9.59 Å². The van der Waals surface area contributed by atoms with Gasteiger partial charge in [-0.1, -0.05) is 12.1 Å². The number of anilines is 2. The number of amides is 2. The molecule has 0 aliphatic rings. The van der Waals surface area contributed by atoms with E-state index in [9.17, 15) is 9.59 Å². The summed E-state index contributed by atoms with van der Waals surface area (Å²) in [6.07, 6.45) is 0. The lowest BCUT2D eigenvalue weighted by atomic mass is 10.2. The first-order valence-corrected chi connectivity index (χ1v) is 6.00. The van der Waals surface area contributed by atoms with E-state index < -0.39 is 12.0 Å². The van der Waals surface area contributed by atoms with Gasteiger partial charge in [0.25, 0.3) is 0 Å². The summed E-state index contributed by atoms with van der Waals surface area (Å²) >= 11 is 0. The SMILES string of the molecule is N#Cc1cccc(NC(=O)Nc2cccc(C(=O)O)c2)c1. The zero-order chi connectivity index (χ0) is 15.2. The van der Waals surface area contributed by atoms with E-state index >= 15 is 0 Å². The van der Waals surface area contributed by atoms with Crippen LogP contribution in [0.1, 0.15) is 15.9 Å². The first-order valence-electron chi connectivity index (χ1n) is 6.00. The molecule has 2 aromatic rings. The van der Waals surface area contributed by atoms with Crippen molar-refractivity contribution in [2.45, 2.75) is 0 Å². The van der Waals surface area contributed by atoms with Gasteiger partial charge >= 0.3 is 12.0 Å². The van der Waals surface area contributed by atoms with Crippen molar-refractivity contribution in [2.24, 2.45) is 0 Å². The molecule has 0 saturated carbocycles. The van der Waals surface area contributed by atoms with E-state index in [-0.39, 0.29) is 5.56 Å². The number of nitrogens with zero attached hydrogens (tertiary/aromatic N) is 1. The van der Waals surface area contributed by atoms with Gasteiger partial charge in [-0.15, -0.1) is 0 Å². The van der Waals surface area contributed by atoms with Crippen molar-refractivity contribution < 1.29 is 14.7 Å². The van der Waals surface area contributed by atoms with E-state index in [4.69, 9.17) is 10.4 Å². The number of hydrogen-bond acceptors (Lipinski definition) is 3. The van der Waals surface area contributed by atoms with Crippen molar-refractivity contribution >= 4 is 23.4 Å². The Morgan fingerprint density at radius 1 is 1.00 bits per heavy atom. The zero-order valence-electron chi connectivity index (χ0n) is 10.8. The molecule has 3 N–H and O–H groups in total. The smallest absolute Gasteiger partial charge is 0.335 e. The molecule has 21 heavy (non-hydrogen) atoms. The minimum Gasteiger partial charge on any atom is -0.478 e. The molecule has 0 unspecified atom stereocenters. The highest BCUT2D eigenvalue weighted by Gasteiger charge is 2.06. The van der Waals surface area contributed by atoms with Crippen LogP contribution >= 0.6 is 0 Å². The fraction of sp³-hybridized carbons (Fsp3) is 0. The average molecular weight is 281 g/mol. The summed E-state index contributed by atoms with van der Waals surface area (Å²) in [6.45, 7) is 0. The molecule has 0 aliphatic heterocycles. The molecule has 2 amide bonds. The molecular weight excluding hydrogens is 270 g/mol. The highest BCUT2D eigenvalue weighted by Crippen LogP contribution is 2.13. The second kappa shape index (κ2) is 6.21. The number of carboxylic acids is 1. The lowest BCUT2D eigenvalue weighted by molar-refractivity contribution is 0.0697. The largest absolute Gasteiger partial charge is 0.478 e. The number of urea groups is 1. The highest BCUT2D eigenvalue weighted by atomic mass is 16.4. The molecule has 0 fully saturated rings. The van der Waals surface area contributed by atoms with Crippen LogP contribution in [0.25, 0.3) is 0 Å². The van der Waals surface area contributed by atoms with E-state index in [1.807, 2.05) is 6.07 Å². The van der Waals surface area contributed by atoms with Crippen LogP contribution < -0.4 is 10.6 Å². The van der Waals surface area contributed by atoms with Crippen molar-refractivity contribution in [1.82, 2.24) is 0 Å². The number of carbonyl (C=O) groups is 2. The summed E-state index contributed by atoms with van der Waals surface area (Å²) in [4.78, 5) is 22.7. The van der Waals surface area contributed by atoms with Crippen LogP contribution in [0.2, 0.25) is 0 Å². The lowest BCUT2D eigenvalue weighted by Gasteiger charge is -2.08. The summed E-state index contributed by atoms with van der Waals surface area (Å²) < 4.78 is 0. The first-order chi connectivity index (χ1) is 10.1. The van der Waals surface area contributed by atoms with Crippen LogP contribution in [0, 0.1) is 11.3 Å². The van der Waals surface area contributed by atoms with E-state index in [1.54, 1.807) is 24.3 Å². The molecule has 6 heteroatoms. The molecule has 2 aromatic carbocycles. The number of nitrogens with one attached hydrogen (secondary N) is 2. The third-order valence-corrected chi connectivity index (χ3v) is 2.62. The third-order valence-electron chi connectivity index (χ3n) is 2.62. The van der Waals surface area contributed by atoms with Gasteiger partial charge in [0.05, 0.1) is 17.2 Å². The van der Waals surface area contributed by atoms with E-state index in [0.29, 0.717) is 16.9 Å². The van der Waals surface area contributed by atoms with Crippen molar-refractivity contribution in [2.75, 3.05) is 10.6 Å². The fourth-order valence-electron chi connectivity index (χ4n) is 1.69. The Bertz CT molecular complexity index is 735. The van der Waals surface area contributed by atoms with Gasteiger partial charge < -0.3 is 15.7 Å². The van der Waals surface area contributed by atoms with Gasteiger partial charge in [-0.2, -0.15) is 5.26 Å². The Morgan fingerprint density at radius 2 is 1.62 bits per heavy atom. The van der Waals surface area contributed by atoms with Gasteiger partial charge in [-0.3, -0.25) is 0 Å². The molecule has 0 aromatic heterocycles. The maximum Gasteiger partial charge on any atom is 0.335 e. The Labute approximate surface area is 120 Å². The van der Waals surface area contributed by atoms with Crippen molar-refractivity contribution in [1.29, 1.82) is 5.26 Å². The summed E-state index contributed by atoms with van der Waals surface area (Å²) in [5.41, 5.74) is 1.35. The second-order valence-electron chi connectivity index (χ2n) is 4.16. The molecule has 104 valence electrons. The van der Waals surface area contributed by atoms with Crippen LogP contribution in [-0.4, -0.2) is 17.1 Å². The first kappa shape index (κ1) is 14.1. The predicted molar refractivity (Wildman–Crippen MR) is 77.2 cm³/mol. The van der Waals surface area contributed by atoms with Crippen molar-refractivity contribution in [3.63, 3.8) is 0 Å². The number of carboxylic acid groups (broad SMARTS) is 1. The third kappa shape index (κ3) is 3.81. The van der Waals surface area contributed by atoms with Crippen LogP contribution in [0.5, 0.6) is 0 Å². The maximum atomic E-state index is 11.8. The molecule has 0 aliphatic carbocycles. The zero-order valence-corrected chi connectivity index (χ0v) is 10.8. The van der Waals surface area contributed by atoms with E-state index in [1.165, 1.54) is 24.3 Å².